The molecule has 0 fully saturated rings. The van der Waals surface area contributed by atoms with E-state index in [9.17, 15) is 4.79 Å². The summed E-state index contributed by atoms with van der Waals surface area (Å²) in [6, 6.07) is 9.09. The minimum Gasteiger partial charge on any atom is -0.486 e. The average molecular weight is 288 g/mol. The zero-order valence-corrected chi connectivity index (χ0v) is 11.4. The monoisotopic (exact) mass is 288 g/mol. The molecule has 1 aromatic heterocycles. The van der Waals surface area contributed by atoms with Crippen LogP contribution in [0.4, 0.5) is 0 Å². The molecule has 1 N–H and O–H groups in total. The van der Waals surface area contributed by atoms with Crippen LogP contribution in [0.2, 0.25) is 0 Å². The van der Waals surface area contributed by atoms with Crippen molar-refractivity contribution in [3.63, 3.8) is 0 Å². The van der Waals surface area contributed by atoms with Gasteiger partial charge in [0.25, 0.3) is 5.91 Å². The van der Waals surface area contributed by atoms with Gasteiger partial charge in [0.2, 0.25) is 0 Å². The number of benzene rings is 1. The highest BCUT2D eigenvalue weighted by atomic mass is 32.1. The molecular weight excluding hydrogens is 276 g/mol. The molecule has 0 saturated heterocycles. The van der Waals surface area contributed by atoms with Crippen molar-refractivity contribution >= 4 is 23.5 Å². The van der Waals surface area contributed by atoms with Crippen LogP contribution in [-0.2, 0) is 0 Å². The maximum absolute atomic E-state index is 11.7. The third kappa shape index (κ3) is 2.80. The Morgan fingerprint density at radius 1 is 1.25 bits per heavy atom. The molecule has 0 atom stereocenters. The van der Waals surface area contributed by atoms with Gasteiger partial charge in [-0.05, 0) is 35.2 Å². The number of rotatable bonds is 3. The van der Waals surface area contributed by atoms with Gasteiger partial charge in [-0.1, -0.05) is 6.07 Å². The minimum absolute atomic E-state index is 0.214. The third-order valence-corrected chi connectivity index (χ3v) is 3.56. The van der Waals surface area contributed by atoms with Gasteiger partial charge in [0.15, 0.2) is 11.5 Å². The molecule has 20 heavy (non-hydrogen) atoms. The van der Waals surface area contributed by atoms with Gasteiger partial charge >= 0.3 is 0 Å². The number of carbonyl (C=O) groups excluding carboxylic acids is 1. The lowest BCUT2D eigenvalue weighted by Gasteiger charge is -2.18. The van der Waals surface area contributed by atoms with E-state index < -0.39 is 0 Å². The van der Waals surface area contributed by atoms with Crippen LogP contribution in [0.1, 0.15) is 15.2 Å². The molecule has 6 heteroatoms. The van der Waals surface area contributed by atoms with Crippen molar-refractivity contribution < 1.29 is 14.3 Å². The van der Waals surface area contributed by atoms with E-state index in [4.69, 9.17) is 9.47 Å². The number of ether oxygens (including phenoxy) is 2. The van der Waals surface area contributed by atoms with E-state index in [1.54, 1.807) is 12.3 Å². The van der Waals surface area contributed by atoms with Gasteiger partial charge in [-0.3, -0.25) is 4.79 Å². The standard InChI is InChI=1S/C14H12N2O3S/c17-14(13-2-1-7-20-13)16-15-9-10-3-4-11-12(8-10)19-6-5-18-11/h1-4,7-9H,5-6H2,(H,16,17)/b15-9-. The Morgan fingerprint density at radius 3 is 2.90 bits per heavy atom. The first-order valence-electron chi connectivity index (χ1n) is 6.09. The fraction of sp³-hybridized carbons (Fsp3) is 0.143. The van der Waals surface area contributed by atoms with E-state index in [0.29, 0.717) is 23.8 Å². The number of hydrogen-bond donors (Lipinski definition) is 1. The van der Waals surface area contributed by atoms with E-state index in [1.165, 1.54) is 11.3 Å². The Bertz CT molecular complexity index is 638. The van der Waals surface area contributed by atoms with Crippen LogP contribution < -0.4 is 14.9 Å². The topological polar surface area (TPSA) is 59.9 Å². The van der Waals surface area contributed by atoms with Gasteiger partial charge in [0.1, 0.15) is 13.2 Å². The van der Waals surface area contributed by atoms with E-state index >= 15 is 0 Å². The van der Waals surface area contributed by atoms with Crippen LogP contribution in [0, 0.1) is 0 Å². The maximum Gasteiger partial charge on any atom is 0.281 e. The maximum atomic E-state index is 11.7. The second-order valence-corrected chi connectivity index (χ2v) is 5.03. The van der Waals surface area contributed by atoms with Crippen molar-refractivity contribution in [2.75, 3.05) is 13.2 Å². The zero-order valence-electron chi connectivity index (χ0n) is 10.5. The van der Waals surface area contributed by atoms with Crippen LogP contribution in [0.25, 0.3) is 0 Å². The number of hydrogen-bond acceptors (Lipinski definition) is 5. The molecule has 3 rings (SSSR count). The molecular formula is C14H12N2O3S. The van der Waals surface area contributed by atoms with Crippen molar-refractivity contribution in [2.24, 2.45) is 5.10 Å². The molecule has 1 aliphatic rings. The van der Waals surface area contributed by atoms with Gasteiger partial charge in [-0.25, -0.2) is 5.43 Å². The second-order valence-electron chi connectivity index (χ2n) is 4.08. The highest BCUT2D eigenvalue weighted by Crippen LogP contribution is 2.30. The minimum atomic E-state index is -0.214. The summed E-state index contributed by atoms with van der Waals surface area (Å²) >= 11 is 1.37. The summed E-state index contributed by atoms with van der Waals surface area (Å²) in [4.78, 5) is 12.3. The number of amides is 1. The first-order chi connectivity index (χ1) is 9.83. The van der Waals surface area contributed by atoms with Crippen molar-refractivity contribution in [3.8, 4) is 11.5 Å². The lowest BCUT2D eigenvalue weighted by atomic mass is 10.2. The van der Waals surface area contributed by atoms with Gasteiger partial charge in [-0.15, -0.1) is 11.3 Å². The third-order valence-electron chi connectivity index (χ3n) is 2.69. The van der Waals surface area contributed by atoms with Crippen LogP contribution in [0.15, 0.2) is 40.8 Å². The molecule has 0 radical (unpaired) electrons. The second kappa shape index (κ2) is 5.75. The number of hydrazone groups is 1. The van der Waals surface area contributed by atoms with Crippen molar-refractivity contribution in [2.45, 2.75) is 0 Å². The van der Waals surface area contributed by atoms with Gasteiger partial charge in [-0.2, -0.15) is 5.10 Å². The predicted molar refractivity (Wildman–Crippen MR) is 76.8 cm³/mol. The Labute approximate surface area is 119 Å². The first-order valence-corrected chi connectivity index (χ1v) is 6.97. The average Bonchev–Trinajstić information content (AvgIpc) is 3.01. The number of thiophene rings is 1. The van der Waals surface area contributed by atoms with Crippen LogP contribution in [0.5, 0.6) is 11.5 Å². The fourth-order valence-corrected chi connectivity index (χ4v) is 2.38. The number of nitrogens with one attached hydrogen (secondary N) is 1. The predicted octanol–water partition coefficient (Wildman–Crippen LogP) is 2.28. The largest absolute Gasteiger partial charge is 0.486 e. The smallest absolute Gasteiger partial charge is 0.281 e. The quantitative estimate of drug-likeness (QED) is 0.696. The molecule has 0 unspecified atom stereocenters. The molecule has 5 nitrogen and oxygen atoms in total. The summed E-state index contributed by atoms with van der Waals surface area (Å²) in [6.45, 7) is 1.11. The number of nitrogens with zero attached hydrogens (tertiary/aromatic N) is 1. The van der Waals surface area contributed by atoms with Gasteiger partial charge < -0.3 is 9.47 Å². The molecule has 0 bridgehead atoms. The van der Waals surface area contributed by atoms with Crippen molar-refractivity contribution in [1.82, 2.24) is 5.43 Å². The highest BCUT2D eigenvalue weighted by molar-refractivity contribution is 7.12. The van der Waals surface area contributed by atoms with Crippen LogP contribution in [0.3, 0.4) is 0 Å². The van der Waals surface area contributed by atoms with Crippen LogP contribution in [-0.4, -0.2) is 25.3 Å². The van der Waals surface area contributed by atoms with Gasteiger partial charge in [0, 0.05) is 0 Å². The molecule has 0 spiro atoms. The summed E-state index contributed by atoms with van der Waals surface area (Å²) in [6.07, 6.45) is 1.57. The summed E-state index contributed by atoms with van der Waals surface area (Å²) in [5, 5.41) is 5.78. The molecule has 2 heterocycles. The Morgan fingerprint density at radius 2 is 2.10 bits per heavy atom. The normalized spacial score (nSPS) is 13.4. The Balaban J connectivity index is 1.65. The Kier molecular flexibility index (Phi) is 3.64. The summed E-state index contributed by atoms with van der Waals surface area (Å²) in [5.41, 5.74) is 3.32. The van der Waals surface area contributed by atoms with E-state index in [-0.39, 0.29) is 5.91 Å². The Hall–Kier alpha value is -2.34. The van der Waals surface area contributed by atoms with E-state index in [0.717, 1.165) is 11.3 Å². The van der Waals surface area contributed by atoms with Crippen molar-refractivity contribution in [3.05, 3.63) is 46.2 Å². The molecule has 1 aromatic carbocycles. The summed E-state index contributed by atoms with van der Waals surface area (Å²) in [5.74, 6) is 1.22. The zero-order chi connectivity index (χ0) is 13.8. The van der Waals surface area contributed by atoms with E-state index in [2.05, 4.69) is 10.5 Å². The van der Waals surface area contributed by atoms with Crippen LogP contribution >= 0.6 is 11.3 Å². The molecule has 102 valence electrons. The molecule has 0 aliphatic carbocycles. The molecule has 2 aromatic rings. The highest BCUT2D eigenvalue weighted by Gasteiger charge is 2.11. The van der Waals surface area contributed by atoms with Crippen molar-refractivity contribution in [1.29, 1.82) is 0 Å². The molecule has 0 saturated carbocycles. The first kappa shape index (κ1) is 12.7. The summed E-state index contributed by atoms with van der Waals surface area (Å²) < 4.78 is 10.9. The lowest BCUT2D eigenvalue weighted by Crippen LogP contribution is -2.16. The fourth-order valence-electron chi connectivity index (χ4n) is 1.77. The lowest BCUT2D eigenvalue weighted by molar-refractivity contribution is 0.0959. The number of fused-ring (bicyclic) bond motifs is 1. The SMILES string of the molecule is O=C(N/N=C\c1ccc2c(c1)OCCO2)c1cccs1. The molecule has 1 aliphatic heterocycles. The summed E-state index contributed by atoms with van der Waals surface area (Å²) in [7, 11) is 0. The number of carbonyl (C=O) groups is 1. The van der Waals surface area contributed by atoms with Gasteiger partial charge in [0.05, 0.1) is 11.1 Å². The van der Waals surface area contributed by atoms with E-state index in [1.807, 2.05) is 29.6 Å². The molecule has 1 amide bonds.